The number of amides is 1. The summed E-state index contributed by atoms with van der Waals surface area (Å²) < 4.78 is 10.8. The molecule has 0 spiro atoms. The van der Waals surface area contributed by atoms with Gasteiger partial charge in [0.2, 0.25) is 0 Å². The van der Waals surface area contributed by atoms with Crippen molar-refractivity contribution in [2.24, 2.45) is 0 Å². The number of benzene rings is 1. The summed E-state index contributed by atoms with van der Waals surface area (Å²) in [7, 11) is 1.48. The third-order valence-corrected chi connectivity index (χ3v) is 3.64. The second-order valence-electron chi connectivity index (χ2n) is 6.07. The van der Waals surface area contributed by atoms with Crippen molar-refractivity contribution in [3.63, 3.8) is 0 Å². The molecule has 1 rings (SSSR count). The fourth-order valence-electron chi connectivity index (χ4n) is 2.06. The zero-order valence-corrected chi connectivity index (χ0v) is 15.2. The van der Waals surface area contributed by atoms with Crippen molar-refractivity contribution in [1.82, 2.24) is 5.32 Å². The molecule has 0 saturated heterocycles. The zero-order chi connectivity index (χ0) is 18.3. The van der Waals surface area contributed by atoms with Gasteiger partial charge < -0.3 is 19.9 Å². The Labute approximate surface area is 147 Å². The van der Waals surface area contributed by atoms with Gasteiger partial charge in [0.05, 0.1) is 18.7 Å². The SMILES string of the molecule is CCCOc1c(Cl)cc(C(=O)NC(C)(C)CCC(=O)O)cc1OC. The predicted molar refractivity (Wildman–Crippen MR) is 92.2 cm³/mol. The van der Waals surface area contributed by atoms with Crippen molar-refractivity contribution in [3.8, 4) is 11.5 Å². The number of hydrogen-bond acceptors (Lipinski definition) is 4. The minimum atomic E-state index is -0.903. The van der Waals surface area contributed by atoms with Crippen molar-refractivity contribution in [1.29, 1.82) is 0 Å². The summed E-state index contributed by atoms with van der Waals surface area (Å²) in [5.74, 6) is -0.473. The standard InChI is InChI=1S/C17H24ClNO5/c1-5-8-24-15-12(18)9-11(10-13(15)23-4)16(22)19-17(2,3)7-6-14(20)21/h9-10H,5-8H2,1-4H3,(H,19,22)(H,20,21). The largest absolute Gasteiger partial charge is 0.493 e. The summed E-state index contributed by atoms with van der Waals surface area (Å²) in [6.07, 6.45) is 1.11. The Morgan fingerprint density at radius 3 is 2.54 bits per heavy atom. The van der Waals surface area contributed by atoms with Crippen molar-refractivity contribution in [2.75, 3.05) is 13.7 Å². The Morgan fingerprint density at radius 1 is 1.33 bits per heavy atom. The molecule has 0 saturated carbocycles. The second-order valence-corrected chi connectivity index (χ2v) is 6.48. The number of carboxylic acid groups (broad SMARTS) is 1. The Kier molecular flexibility index (Phi) is 7.35. The summed E-state index contributed by atoms with van der Waals surface area (Å²) in [5.41, 5.74) is -0.337. The molecule has 0 atom stereocenters. The second kappa shape index (κ2) is 8.78. The first kappa shape index (κ1) is 20.1. The first-order valence-corrected chi connectivity index (χ1v) is 8.12. The molecule has 0 aliphatic carbocycles. The molecule has 0 aromatic heterocycles. The highest BCUT2D eigenvalue weighted by Crippen LogP contribution is 2.36. The molecule has 1 aromatic carbocycles. The quantitative estimate of drug-likeness (QED) is 0.706. The van der Waals surface area contributed by atoms with Crippen LogP contribution in [0.2, 0.25) is 5.02 Å². The number of ether oxygens (including phenoxy) is 2. The van der Waals surface area contributed by atoms with Crippen molar-refractivity contribution in [3.05, 3.63) is 22.7 Å². The third kappa shape index (κ3) is 5.92. The molecule has 0 radical (unpaired) electrons. The smallest absolute Gasteiger partial charge is 0.303 e. The van der Waals surface area contributed by atoms with Crippen LogP contribution in [0.15, 0.2) is 12.1 Å². The molecule has 1 aromatic rings. The van der Waals surface area contributed by atoms with Gasteiger partial charge in [-0.25, -0.2) is 0 Å². The number of rotatable bonds is 9. The molecule has 0 unspecified atom stereocenters. The van der Waals surface area contributed by atoms with Crippen LogP contribution in [0.4, 0.5) is 0 Å². The van der Waals surface area contributed by atoms with E-state index in [0.29, 0.717) is 30.1 Å². The molecule has 134 valence electrons. The first-order valence-electron chi connectivity index (χ1n) is 7.74. The van der Waals surface area contributed by atoms with Crippen LogP contribution in [-0.4, -0.2) is 36.2 Å². The third-order valence-electron chi connectivity index (χ3n) is 3.36. The number of aliphatic carboxylic acids is 1. The topological polar surface area (TPSA) is 84.9 Å². The van der Waals surface area contributed by atoms with Gasteiger partial charge in [0.25, 0.3) is 5.91 Å². The Morgan fingerprint density at radius 2 is 2.00 bits per heavy atom. The van der Waals surface area contributed by atoms with E-state index >= 15 is 0 Å². The first-order chi connectivity index (χ1) is 11.2. The summed E-state index contributed by atoms with van der Waals surface area (Å²) in [4.78, 5) is 23.1. The van der Waals surface area contributed by atoms with E-state index in [1.165, 1.54) is 13.2 Å². The molecule has 0 aliphatic rings. The monoisotopic (exact) mass is 357 g/mol. The van der Waals surface area contributed by atoms with Gasteiger partial charge in [0, 0.05) is 17.5 Å². The highest BCUT2D eigenvalue weighted by molar-refractivity contribution is 6.32. The molecule has 2 N–H and O–H groups in total. The molecular formula is C17H24ClNO5. The van der Waals surface area contributed by atoms with Crippen LogP contribution in [-0.2, 0) is 4.79 Å². The summed E-state index contributed by atoms with van der Waals surface area (Å²) in [6, 6.07) is 3.07. The molecular weight excluding hydrogens is 334 g/mol. The number of halogens is 1. The lowest BCUT2D eigenvalue weighted by molar-refractivity contribution is -0.137. The van der Waals surface area contributed by atoms with Crippen molar-refractivity contribution in [2.45, 2.75) is 45.6 Å². The maximum absolute atomic E-state index is 12.4. The molecule has 7 heteroatoms. The van der Waals surface area contributed by atoms with Gasteiger partial charge in [0.15, 0.2) is 11.5 Å². The average molecular weight is 358 g/mol. The predicted octanol–water partition coefficient (Wildman–Crippen LogP) is 3.51. The lowest BCUT2D eigenvalue weighted by atomic mass is 9.97. The van der Waals surface area contributed by atoms with E-state index in [4.69, 9.17) is 26.2 Å². The number of methoxy groups -OCH3 is 1. The van der Waals surface area contributed by atoms with Crippen LogP contribution < -0.4 is 14.8 Å². The Hall–Kier alpha value is -1.95. The van der Waals surface area contributed by atoms with Gasteiger partial charge in [0.1, 0.15) is 0 Å². The van der Waals surface area contributed by atoms with Crippen LogP contribution in [0.1, 0.15) is 50.4 Å². The van der Waals surface area contributed by atoms with E-state index in [1.54, 1.807) is 19.9 Å². The average Bonchev–Trinajstić information content (AvgIpc) is 2.50. The number of carboxylic acids is 1. The van der Waals surface area contributed by atoms with Gasteiger partial charge in [-0.15, -0.1) is 0 Å². The molecule has 1 amide bonds. The number of nitrogens with one attached hydrogen (secondary N) is 1. The van der Waals surface area contributed by atoms with Crippen LogP contribution in [0, 0.1) is 0 Å². The summed E-state index contributed by atoms with van der Waals surface area (Å²) >= 11 is 6.20. The van der Waals surface area contributed by atoms with Crippen LogP contribution in [0.25, 0.3) is 0 Å². The molecule has 0 bridgehead atoms. The van der Waals surface area contributed by atoms with E-state index in [2.05, 4.69) is 5.32 Å². The Balaban J connectivity index is 2.94. The van der Waals surface area contributed by atoms with Gasteiger partial charge >= 0.3 is 5.97 Å². The molecule has 0 fully saturated rings. The maximum atomic E-state index is 12.4. The minimum absolute atomic E-state index is 0.0266. The normalized spacial score (nSPS) is 11.0. The lowest BCUT2D eigenvalue weighted by Gasteiger charge is -2.26. The van der Waals surface area contributed by atoms with E-state index in [9.17, 15) is 9.59 Å². The van der Waals surface area contributed by atoms with E-state index in [1.807, 2.05) is 6.92 Å². The fourth-order valence-corrected chi connectivity index (χ4v) is 2.32. The van der Waals surface area contributed by atoms with E-state index < -0.39 is 11.5 Å². The van der Waals surface area contributed by atoms with Gasteiger partial charge in [-0.1, -0.05) is 18.5 Å². The number of carbonyl (C=O) groups is 2. The zero-order valence-electron chi connectivity index (χ0n) is 14.4. The molecule has 0 heterocycles. The summed E-state index contributed by atoms with van der Waals surface area (Å²) in [5, 5.41) is 11.9. The van der Waals surface area contributed by atoms with E-state index in [-0.39, 0.29) is 17.4 Å². The fraction of sp³-hybridized carbons (Fsp3) is 0.529. The highest BCUT2D eigenvalue weighted by atomic mass is 35.5. The van der Waals surface area contributed by atoms with Gasteiger partial charge in [-0.2, -0.15) is 0 Å². The van der Waals surface area contributed by atoms with Crippen LogP contribution >= 0.6 is 11.6 Å². The number of hydrogen-bond donors (Lipinski definition) is 2. The van der Waals surface area contributed by atoms with Crippen LogP contribution in [0.3, 0.4) is 0 Å². The minimum Gasteiger partial charge on any atom is -0.493 e. The molecule has 24 heavy (non-hydrogen) atoms. The molecule has 6 nitrogen and oxygen atoms in total. The molecule has 0 aliphatic heterocycles. The van der Waals surface area contributed by atoms with Gasteiger partial charge in [-0.05, 0) is 38.8 Å². The van der Waals surface area contributed by atoms with E-state index in [0.717, 1.165) is 6.42 Å². The van der Waals surface area contributed by atoms with Crippen molar-refractivity contribution >= 4 is 23.5 Å². The highest BCUT2D eigenvalue weighted by Gasteiger charge is 2.24. The lowest BCUT2D eigenvalue weighted by Crippen LogP contribution is -2.43. The van der Waals surface area contributed by atoms with Crippen LogP contribution in [0.5, 0.6) is 11.5 Å². The number of carbonyl (C=O) groups excluding carboxylic acids is 1. The maximum Gasteiger partial charge on any atom is 0.303 e. The Bertz CT molecular complexity index is 601. The summed E-state index contributed by atoms with van der Waals surface area (Å²) in [6.45, 7) is 6.00. The van der Waals surface area contributed by atoms with Crippen molar-refractivity contribution < 1.29 is 24.2 Å². The van der Waals surface area contributed by atoms with Gasteiger partial charge in [-0.3, -0.25) is 9.59 Å².